The number of carbonyl (C=O) groups excluding carboxylic acids is 3. The summed E-state index contributed by atoms with van der Waals surface area (Å²) in [6.45, 7) is 1.74. The summed E-state index contributed by atoms with van der Waals surface area (Å²) < 4.78 is 17.8. The molecule has 2 N–H and O–H groups in total. The Bertz CT molecular complexity index is 1700. The third-order valence-electron chi connectivity index (χ3n) is 10.2. The molecule has 0 radical (unpaired) electrons. The molecule has 2 saturated carbocycles. The number of benzene rings is 3. The Morgan fingerprint density at radius 3 is 2.44 bits per heavy atom. The maximum absolute atomic E-state index is 13.5. The second-order valence-corrected chi connectivity index (χ2v) is 12.5. The van der Waals surface area contributed by atoms with Crippen LogP contribution in [0.25, 0.3) is 0 Å². The highest BCUT2D eigenvalue weighted by Crippen LogP contribution is 2.65. The lowest BCUT2D eigenvalue weighted by molar-refractivity contribution is -0.188. The van der Waals surface area contributed by atoms with Crippen LogP contribution in [0.3, 0.4) is 0 Å². The Hall–Kier alpha value is -4.21. The van der Waals surface area contributed by atoms with Crippen molar-refractivity contribution in [3.63, 3.8) is 0 Å². The van der Waals surface area contributed by atoms with Crippen LogP contribution in [0.15, 0.2) is 60.7 Å². The number of esters is 2. The number of ketones is 1. The summed E-state index contributed by atoms with van der Waals surface area (Å²) in [4.78, 5) is 42.1. The van der Waals surface area contributed by atoms with Crippen LogP contribution in [0.5, 0.6) is 23.0 Å². The quantitative estimate of drug-likeness (QED) is 0.329. The van der Waals surface area contributed by atoms with Gasteiger partial charge in [-0.05, 0) is 80.5 Å². The number of rotatable bonds is 6. The van der Waals surface area contributed by atoms with Crippen molar-refractivity contribution in [1.29, 1.82) is 0 Å². The molecule has 220 valence electrons. The molecule has 2 aliphatic heterocycles. The molecule has 1 spiro atoms. The van der Waals surface area contributed by atoms with E-state index < -0.39 is 29.1 Å². The average molecular weight is 582 g/mol. The van der Waals surface area contributed by atoms with E-state index in [2.05, 4.69) is 4.90 Å². The summed E-state index contributed by atoms with van der Waals surface area (Å²) in [5.41, 5.74) is -0.236. The Kier molecular flexibility index (Phi) is 5.77. The molecule has 3 fully saturated rings. The second kappa shape index (κ2) is 9.39. The van der Waals surface area contributed by atoms with Crippen LogP contribution in [0.2, 0.25) is 0 Å². The largest absolute Gasteiger partial charge is 0.507 e. The molecule has 2 bridgehead atoms. The molecule has 3 aromatic rings. The minimum Gasteiger partial charge on any atom is -0.507 e. The van der Waals surface area contributed by atoms with Gasteiger partial charge >= 0.3 is 11.9 Å². The number of piperidine rings is 1. The smallest absolute Gasteiger partial charge is 0.347 e. The lowest BCUT2D eigenvalue weighted by Crippen LogP contribution is -2.76. The summed E-state index contributed by atoms with van der Waals surface area (Å²) in [5, 5.41) is 22.5. The standard InChI is InChI=1S/C34H31NO8/c36-23-7-3-1-5-21(23)31(38)41-25-8-4-2-6-22(25)32(39)42-26-12-11-20-17-27-34(40)14-13-24(37)30-33(34,28(20)29(26)43-30)15-16-35(27)18-19-9-10-19/h1-8,11-12,19,27,30,36,40H,9-10,13-18H2/t27-,30+,33?,34-/m1/s1. The average Bonchev–Trinajstić information content (AvgIpc) is 3.74. The normalized spacial score (nSPS) is 28.5. The number of Topliss-reactive ketones (excluding diaryl/α,β-unsaturated/α-hetero) is 1. The van der Waals surface area contributed by atoms with Crippen molar-refractivity contribution in [3.8, 4) is 23.0 Å². The van der Waals surface area contributed by atoms with E-state index >= 15 is 0 Å². The van der Waals surface area contributed by atoms with Crippen molar-refractivity contribution in [1.82, 2.24) is 4.90 Å². The molecule has 2 heterocycles. The van der Waals surface area contributed by atoms with Crippen LogP contribution in [-0.2, 0) is 16.6 Å². The molecule has 3 aliphatic carbocycles. The van der Waals surface area contributed by atoms with Gasteiger partial charge in [0, 0.05) is 24.6 Å². The highest BCUT2D eigenvalue weighted by molar-refractivity contribution is 5.98. The highest BCUT2D eigenvalue weighted by Gasteiger charge is 2.73. The van der Waals surface area contributed by atoms with Crippen molar-refractivity contribution in [2.24, 2.45) is 5.92 Å². The number of carbonyl (C=O) groups is 3. The maximum Gasteiger partial charge on any atom is 0.347 e. The Labute approximate surface area is 248 Å². The molecule has 5 aliphatic rings. The van der Waals surface area contributed by atoms with Gasteiger partial charge < -0.3 is 24.4 Å². The summed E-state index contributed by atoms with van der Waals surface area (Å²) in [7, 11) is 0. The van der Waals surface area contributed by atoms with Gasteiger partial charge in [0.1, 0.15) is 22.6 Å². The van der Waals surface area contributed by atoms with E-state index in [0.29, 0.717) is 30.9 Å². The molecule has 1 saturated heterocycles. The zero-order valence-electron chi connectivity index (χ0n) is 23.5. The first-order chi connectivity index (χ1) is 20.8. The van der Waals surface area contributed by atoms with Gasteiger partial charge in [0.15, 0.2) is 23.4 Å². The lowest BCUT2D eigenvalue weighted by atomic mass is 9.49. The fraction of sp³-hybridized carbons (Fsp3) is 0.382. The van der Waals surface area contributed by atoms with E-state index in [4.69, 9.17) is 14.2 Å². The van der Waals surface area contributed by atoms with Gasteiger partial charge in [0.2, 0.25) is 0 Å². The van der Waals surface area contributed by atoms with Crippen molar-refractivity contribution < 1.29 is 38.8 Å². The van der Waals surface area contributed by atoms with Gasteiger partial charge in [-0.25, -0.2) is 9.59 Å². The fourth-order valence-corrected chi connectivity index (χ4v) is 8.01. The summed E-state index contributed by atoms with van der Waals surface area (Å²) >= 11 is 0. The lowest BCUT2D eigenvalue weighted by Gasteiger charge is -2.62. The topological polar surface area (TPSA) is 123 Å². The van der Waals surface area contributed by atoms with Crippen LogP contribution >= 0.6 is 0 Å². The highest BCUT2D eigenvalue weighted by atomic mass is 16.6. The number of para-hydroxylation sites is 2. The van der Waals surface area contributed by atoms with Crippen molar-refractivity contribution in [2.75, 3.05) is 13.1 Å². The summed E-state index contributed by atoms with van der Waals surface area (Å²) in [6, 6.07) is 15.7. The van der Waals surface area contributed by atoms with E-state index in [9.17, 15) is 24.6 Å². The van der Waals surface area contributed by atoms with Crippen molar-refractivity contribution >= 4 is 17.7 Å². The number of aliphatic hydroxyl groups is 1. The monoisotopic (exact) mass is 581 g/mol. The number of aromatic hydroxyl groups is 1. The van der Waals surface area contributed by atoms with E-state index in [1.807, 2.05) is 6.07 Å². The first kappa shape index (κ1) is 26.4. The van der Waals surface area contributed by atoms with Gasteiger partial charge in [-0.1, -0.05) is 30.3 Å². The predicted molar refractivity (Wildman–Crippen MR) is 153 cm³/mol. The summed E-state index contributed by atoms with van der Waals surface area (Å²) in [5.74, 6) is -0.734. The van der Waals surface area contributed by atoms with Crippen molar-refractivity contribution in [2.45, 2.75) is 61.7 Å². The molecule has 0 aromatic heterocycles. The number of ether oxygens (including phenoxy) is 3. The SMILES string of the molecule is O=C(Oc1ccccc1C(=O)Oc1ccc2c3c1O[C@H]1C(=O)CC[C@@]4(O)[C@@H](C2)N(CC2CC2)CCC314)c1ccccc1O. The number of likely N-dealkylation sites (tertiary alicyclic amines) is 1. The molecule has 1 unspecified atom stereocenters. The Morgan fingerprint density at radius 1 is 0.930 bits per heavy atom. The maximum atomic E-state index is 13.5. The number of nitrogens with zero attached hydrogens (tertiary/aromatic N) is 1. The zero-order chi connectivity index (χ0) is 29.5. The molecule has 9 nitrogen and oxygen atoms in total. The molecule has 8 rings (SSSR count). The minimum absolute atomic E-state index is 0.00537. The minimum atomic E-state index is -1.12. The summed E-state index contributed by atoms with van der Waals surface area (Å²) in [6.07, 6.45) is 3.47. The van der Waals surface area contributed by atoms with Crippen LogP contribution in [0.4, 0.5) is 0 Å². The van der Waals surface area contributed by atoms with E-state index in [-0.39, 0.29) is 46.6 Å². The first-order valence-electron chi connectivity index (χ1n) is 14.9. The first-order valence-corrected chi connectivity index (χ1v) is 14.9. The van der Waals surface area contributed by atoms with Crippen LogP contribution in [-0.4, -0.2) is 63.7 Å². The third-order valence-corrected chi connectivity index (χ3v) is 10.2. The molecular weight excluding hydrogens is 550 g/mol. The predicted octanol–water partition coefficient (Wildman–Crippen LogP) is 3.96. The molecule has 0 amide bonds. The fourth-order valence-electron chi connectivity index (χ4n) is 8.01. The van der Waals surface area contributed by atoms with Crippen LogP contribution in [0, 0.1) is 5.92 Å². The number of phenolic OH excluding ortho intramolecular Hbond substituents is 1. The van der Waals surface area contributed by atoms with E-state index in [1.54, 1.807) is 30.3 Å². The van der Waals surface area contributed by atoms with Gasteiger partial charge in [-0.3, -0.25) is 9.69 Å². The third kappa shape index (κ3) is 3.81. The molecule has 3 aromatic carbocycles. The molecule has 43 heavy (non-hydrogen) atoms. The zero-order valence-corrected chi connectivity index (χ0v) is 23.5. The van der Waals surface area contributed by atoms with E-state index in [0.717, 1.165) is 24.2 Å². The van der Waals surface area contributed by atoms with Gasteiger partial charge in [0.05, 0.1) is 11.0 Å². The van der Waals surface area contributed by atoms with Crippen LogP contribution < -0.4 is 14.2 Å². The van der Waals surface area contributed by atoms with Gasteiger partial charge in [-0.15, -0.1) is 0 Å². The number of hydrogen-bond donors (Lipinski definition) is 2. The number of hydrogen-bond acceptors (Lipinski definition) is 9. The van der Waals surface area contributed by atoms with Gasteiger partial charge in [-0.2, -0.15) is 0 Å². The molecule has 9 heteroatoms. The van der Waals surface area contributed by atoms with Crippen LogP contribution in [0.1, 0.15) is 63.9 Å². The Balaban J connectivity index is 1.13. The van der Waals surface area contributed by atoms with Gasteiger partial charge in [0.25, 0.3) is 0 Å². The second-order valence-electron chi connectivity index (χ2n) is 12.5. The molecular formula is C34H31NO8. The van der Waals surface area contributed by atoms with E-state index in [1.165, 1.54) is 37.1 Å². The Morgan fingerprint density at radius 2 is 1.65 bits per heavy atom. The van der Waals surface area contributed by atoms with Crippen molar-refractivity contribution in [3.05, 3.63) is 82.9 Å². The molecule has 4 atom stereocenters. The number of phenols is 1.